The highest BCUT2D eigenvalue weighted by molar-refractivity contribution is 5.15. The largest absolute Gasteiger partial charge is 0.374 e. The summed E-state index contributed by atoms with van der Waals surface area (Å²) < 4.78 is 24.7. The Morgan fingerprint density at radius 1 is 0.727 bits per heavy atom. The van der Waals surface area contributed by atoms with Gasteiger partial charge in [-0.15, -0.1) is 0 Å². The second-order valence-corrected chi connectivity index (χ2v) is 8.12. The van der Waals surface area contributed by atoms with Gasteiger partial charge in [-0.3, -0.25) is 0 Å². The maximum Gasteiger partial charge on any atom is 0.147 e. The lowest BCUT2D eigenvalue weighted by Crippen LogP contribution is -2.52. The highest BCUT2D eigenvalue weighted by atomic mass is 16.6. The van der Waals surface area contributed by atoms with Gasteiger partial charge in [0, 0.05) is 6.42 Å². The minimum absolute atomic E-state index is 0.280. The second-order valence-electron chi connectivity index (χ2n) is 8.12. The van der Waals surface area contributed by atoms with E-state index in [0.29, 0.717) is 32.8 Å². The van der Waals surface area contributed by atoms with Crippen LogP contribution >= 0.6 is 0 Å². The van der Waals surface area contributed by atoms with Crippen LogP contribution in [0.25, 0.3) is 0 Å². The predicted molar refractivity (Wildman–Crippen MR) is 125 cm³/mol. The molecule has 1 aliphatic rings. The van der Waals surface area contributed by atoms with Gasteiger partial charge in [-0.2, -0.15) is 5.26 Å². The predicted octanol–water partition coefficient (Wildman–Crippen LogP) is 5.06. The molecule has 33 heavy (non-hydrogen) atoms. The second kappa shape index (κ2) is 12.3. The molecule has 0 amide bonds. The topological polar surface area (TPSA) is 60.7 Å². The maximum atomic E-state index is 9.60. The molecule has 0 saturated carbocycles. The molecule has 3 aromatic rings. The van der Waals surface area contributed by atoms with E-state index < -0.39 is 12.2 Å². The van der Waals surface area contributed by atoms with Gasteiger partial charge in [0.05, 0.1) is 38.6 Å². The van der Waals surface area contributed by atoms with Crippen molar-refractivity contribution < 1.29 is 18.9 Å². The molecule has 0 spiro atoms. The molecular weight excluding hydrogens is 414 g/mol. The minimum atomic E-state index is -0.562. The third-order valence-electron chi connectivity index (χ3n) is 5.65. The van der Waals surface area contributed by atoms with Crippen LogP contribution < -0.4 is 0 Å². The van der Waals surface area contributed by atoms with Crippen molar-refractivity contribution in [3.05, 3.63) is 108 Å². The van der Waals surface area contributed by atoms with E-state index in [9.17, 15) is 5.26 Å². The summed E-state index contributed by atoms with van der Waals surface area (Å²) in [6.07, 6.45) is -1.14. The fourth-order valence-corrected chi connectivity index (χ4v) is 3.93. The van der Waals surface area contributed by atoms with Crippen LogP contribution in [0.1, 0.15) is 23.1 Å². The van der Waals surface area contributed by atoms with Crippen LogP contribution in [0.3, 0.4) is 0 Å². The number of hydrogen-bond donors (Lipinski definition) is 0. The van der Waals surface area contributed by atoms with Crippen molar-refractivity contribution in [3.8, 4) is 6.07 Å². The number of nitriles is 1. The molecule has 0 N–H and O–H groups in total. The maximum absolute atomic E-state index is 9.60. The summed E-state index contributed by atoms with van der Waals surface area (Å²) in [5, 5.41) is 9.60. The quantitative estimate of drug-likeness (QED) is 0.439. The average Bonchev–Trinajstić information content (AvgIpc) is 2.88. The Morgan fingerprint density at radius 3 is 1.79 bits per heavy atom. The van der Waals surface area contributed by atoms with Gasteiger partial charge < -0.3 is 18.9 Å². The standard InChI is InChI=1S/C28H29NO4/c29-17-25-16-26(31-19-23-12-6-2-7-13-23)28(32-20-24-14-8-3-9-15-24)27(33-25)21-30-18-22-10-4-1-5-11-22/h1-15,25-28H,16,18-21H2/t25-,26-,27-,28+/m1/s1. The summed E-state index contributed by atoms with van der Waals surface area (Å²) in [5.41, 5.74) is 3.24. The van der Waals surface area contributed by atoms with E-state index in [-0.39, 0.29) is 12.2 Å². The zero-order valence-electron chi connectivity index (χ0n) is 18.6. The SMILES string of the molecule is N#C[C@H]1C[C@@H](OCc2ccccc2)[C@H](OCc2ccccc2)[C@@H](COCc2ccccc2)O1. The van der Waals surface area contributed by atoms with E-state index in [1.165, 1.54) is 0 Å². The molecule has 5 heteroatoms. The zero-order valence-corrected chi connectivity index (χ0v) is 18.6. The van der Waals surface area contributed by atoms with Gasteiger partial charge in [-0.1, -0.05) is 91.0 Å². The van der Waals surface area contributed by atoms with Gasteiger partial charge >= 0.3 is 0 Å². The van der Waals surface area contributed by atoms with E-state index in [0.717, 1.165) is 16.7 Å². The van der Waals surface area contributed by atoms with Crippen molar-refractivity contribution in [1.29, 1.82) is 5.26 Å². The molecule has 0 aromatic heterocycles. The Labute approximate surface area is 195 Å². The molecule has 0 aliphatic carbocycles. The van der Waals surface area contributed by atoms with Crippen molar-refractivity contribution in [1.82, 2.24) is 0 Å². The molecule has 0 bridgehead atoms. The first-order valence-electron chi connectivity index (χ1n) is 11.3. The lowest BCUT2D eigenvalue weighted by molar-refractivity contribution is -0.210. The van der Waals surface area contributed by atoms with Crippen molar-refractivity contribution in [3.63, 3.8) is 0 Å². The Morgan fingerprint density at radius 2 is 1.24 bits per heavy atom. The molecule has 3 aromatic carbocycles. The van der Waals surface area contributed by atoms with Crippen LogP contribution in [-0.2, 0) is 38.8 Å². The minimum Gasteiger partial charge on any atom is -0.374 e. The fraction of sp³-hybridized carbons (Fsp3) is 0.321. The molecule has 1 aliphatic heterocycles. The van der Waals surface area contributed by atoms with Crippen molar-refractivity contribution >= 4 is 0 Å². The molecule has 1 heterocycles. The highest BCUT2D eigenvalue weighted by Gasteiger charge is 2.40. The molecule has 170 valence electrons. The monoisotopic (exact) mass is 443 g/mol. The van der Waals surface area contributed by atoms with Gasteiger partial charge in [-0.05, 0) is 16.7 Å². The summed E-state index contributed by atoms with van der Waals surface area (Å²) in [4.78, 5) is 0. The van der Waals surface area contributed by atoms with Gasteiger partial charge in [0.25, 0.3) is 0 Å². The van der Waals surface area contributed by atoms with E-state index in [2.05, 4.69) is 6.07 Å². The number of nitrogens with zero attached hydrogens (tertiary/aromatic N) is 1. The first-order chi connectivity index (χ1) is 16.3. The Kier molecular flexibility index (Phi) is 8.62. The number of benzene rings is 3. The van der Waals surface area contributed by atoms with E-state index in [1.54, 1.807) is 0 Å². The summed E-state index contributed by atoms with van der Waals surface area (Å²) >= 11 is 0. The normalized spacial score (nSPS) is 22.5. The summed E-state index contributed by atoms with van der Waals surface area (Å²) in [5.74, 6) is 0. The number of rotatable bonds is 10. The van der Waals surface area contributed by atoms with Crippen LogP contribution in [0.15, 0.2) is 91.0 Å². The molecule has 4 rings (SSSR count). The summed E-state index contributed by atoms with van der Waals surface area (Å²) in [6.45, 7) is 1.68. The van der Waals surface area contributed by atoms with E-state index in [1.807, 2.05) is 91.0 Å². The Bertz CT molecular complexity index is 991. The van der Waals surface area contributed by atoms with Crippen LogP contribution in [0.4, 0.5) is 0 Å². The molecule has 0 unspecified atom stereocenters. The molecule has 1 saturated heterocycles. The van der Waals surface area contributed by atoms with Crippen LogP contribution in [0, 0.1) is 11.3 Å². The first kappa shape index (κ1) is 23.2. The summed E-state index contributed by atoms with van der Waals surface area (Å²) in [7, 11) is 0. The van der Waals surface area contributed by atoms with Gasteiger partial charge in [0.1, 0.15) is 18.3 Å². The first-order valence-corrected chi connectivity index (χ1v) is 11.3. The van der Waals surface area contributed by atoms with Crippen LogP contribution in [0.2, 0.25) is 0 Å². The zero-order chi connectivity index (χ0) is 22.7. The number of hydrogen-bond acceptors (Lipinski definition) is 5. The van der Waals surface area contributed by atoms with Crippen LogP contribution in [0.5, 0.6) is 0 Å². The van der Waals surface area contributed by atoms with E-state index >= 15 is 0 Å². The third-order valence-corrected chi connectivity index (χ3v) is 5.65. The van der Waals surface area contributed by atoms with E-state index in [4.69, 9.17) is 18.9 Å². The molecule has 4 atom stereocenters. The van der Waals surface area contributed by atoms with Crippen molar-refractivity contribution in [2.24, 2.45) is 0 Å². The highest BCUT2D eigenvalue weighted by Crippen LogP contribution is 2.27. The Balaban J connectivity index is 1.45. The summed E-state index contributed by atoms with van der Waals surface area (Å²) in [6, 6.07) is 32.3. The number of ether oxygens (including phenoxy) is 4. The molecular formula is C28H29NO4. The molecule has 0 radical (unpaired) electrons. The molecule has 5 nitrogen and oxygen atoms in total. The van der Waals surface area contributed by atoms with Crippen molar-refractivity contribution in [2.75, 3.05) is 6.61 Å². The Hall–Kier alpha value is -3.01. The third kappa shape index (κ3) is 6.98. The molecule has 1 fully saturated rings. The fourth-order valence-electron chi connectivity index (χ4n) is 3.93. The smallest absolute Gasteiger partial charge is 0.147 e. The van der Waals surface area contributed by atoms with Crippen molar-refractivity contribution in [2.45, 2.75) is 50.7 Å². The van der Waals surface area contributed by atoms with Gasteiger partial charge in [0.2, 0.25) is 0 Å². The lowest BCUT2D eigenvalue weighted by atomic mass is 9.97. The van der Waals surface area contributed by atoms with Crippen LogP contribution in [-0.4, -0.2) is 31.0 Å². The lowest BCUT2D eigenvalue weighted by Gasteiger charge is -2.39. The average molecular weight is 444 g/mol. The van der Waals surface area contributed by atoms with Gasteiger partial charge in [-0.25, -0.2) is 0 Å². The van der Waals surface area contributed by atoms with Gasteiger partial charge in [0.15, 0.2) is 0 Å².